The van der Waals surface area contributed by atoms with Crippen molar-refractivity contribution >= 4 is 23.3 Å². The van der Waals surface area contributed by atoms with Crippen LogP contribution in [0.4, 0.5) is 11.5 Å². The van der Waals surface area contributed by atoms with E-state index >= 15 is 0 Å². The summed E-state index contributed by atoms with van der Waals surface area (Å²) >= 11 is 1.80. The smallest absolute Gasteiger partial charge is 0.147 e. The molecular weight excluding hydrogens is 370 g/mol. The lowest BCUT2D eigenvalue weighted by atomic mass is 10.2. The predicted molar refractivity (Wildman–Crippen MR) is 99.4 cm³/mol. The summed E-state index contributed by atoms with van der Waals surface area (Å²) in [6.07, 6.45) is 2.97. The molecule has 0 spiro atoms. The number of rotatable bonds is 5. The van der Waals surface area contributed by atoms with Crippen LogP contribution in [0.5, 0.6) is 0 Å². The van der Waals surface area contributed by atoms with Crippen molar-refractivity contribution in [3.63, 3.8) is 0 Å². The molecule has 1 aromatic carbocycles. The van der Waals surface area contributed by atoms with Crippen molar-refractivity contribution < 1.29 is 17.3 Å². The second kappa shape index (κ2) is 8.70. The normalized spacial score (nSPS) is 16.5. The summed E-state index contributed by atoms with van der Waals surface area (Å²) in [6, 6.07) is 12.7. The number of fused-ring (bicyclic) bond motifs is 2. The van der Waals surface area contributed by atoms with E-state index in [4.69, 9.17) is 0 Å². The van der Waals surface area contributed by atoms with E-state index in [1.54, 1.807) is 21.7 Å². The number of nitroso groups, excluding NO2 is 1. The number of hydrogen-bond acceptors (Lipinski definition) is 5. The van der Waals surface area contributed by atoms with Gasteiger partial charge in [0.2, 0.25) is 0 Å². The molecule has 0 radical (unpaired) electrons. The van der Waals surface area contributed by atoms with Crippen molar-refractivity contribution in [2.24, 2.45) is 5.29 Å². The summed E-state index contributed by atoms with van der Waals surface area (Å²) in [4.78, 5) is 21.6. The molecule has 0 atom stereocenters. The first kappa shape index (κ1) is 18.9. The number of benzene rings is 1. The van der Waals surface area contributed by atoms with Crippen LogP contribution >= 0.6 is 11.8 Å². The van der Waals surface area contributed by atoms with E-state index in [0.29, 0.717) is 0 Å². The largest absolute Gasteiger partial charge is 1.00 e. The van der Waals surface area contributed by atoms with Crippen LogP contribution in [0.3, 0.4) is 0 Å². The van der Waals surface area contributed by atoms with E-state index in [1.165, 1.54) is 15.5 Å². The minimum atomic E-state index is 0. The van der Waals surface area contributed by atoms with Crippen LogP contribution in [0, 0.1) is 4.91 Å². The lowest BCUT2D eigenvalue weighted by Gasteiger charge is -2.32. The first-order chi connectivity index (χ1) is 12.3. The molecule has 0 saturated carbocycles. The van der Waals surface area contributed by atoms with Crippen molar-refractivity contribution in [2.45, 2.75) is 16.2 Å². The number of anilines is 2. The molecule has 1 aromatic heterocycles. The van der Waals surface area contributed by atoms with Crippen molar-refractivity contribution in [1.29, 1.82) is 0 Å². The Morgan fingerprint density at radius 3 is 2.69 bits per heavy atom. The average molecular weight is 392 g/mol. The van der Waals surface area contributed by atoms with E-state index in [9.17, 15) is 4.91 Å². The molecular formula is C18H22ClN5OS. The Kier molecular flexibility index (Phi) is 6.34. The highest BCUT2D eigenvalue weighted by Gasteiger charge is 2.25. The van der Waals surface area contributed by atoms with Gasteiger partial charge in [0.1, 0.15) is 5.82 Å². The number of piperazine rings is 1. The second-order valence-electron chi connectivity index (χ2n) is 6.44. The van der Waals surface area contributed by atoms with Crippen molar-refractivity contribution in [3.8, 4) is 0 Å². The van der Waals surface area contributed by atoms with Crippen LogP contribution in [0.2, 0.25) is 0 Å². The highest BCUT2D eigenvalue weighted by molar-refractivity contribution is 7.99. The Hall–Kier alpha value is -1.83. The van der Waals surface area contributed by atoms with E-state index in [0.717, 1.165) is 51.5 Å². The molecule has 1 N–H and O–H groups in total. The zero-order valence-electron chi connectivity index (χ0n) is 14.5. The first-order valence-electron chi connectivity index (χ1n) is 8.76. The Morgan fingerprint density at radius 2 is 1.88 bits per heavy atom. The highest BCUT2D eigenvalue weighted by Crippen LogP contribution is 2.46. The van der Waals surface area contributed by atoms with Crippen LogP contribution in [0.25, 0.3) is 0 Å². The molecule has 0 amide bonds. The second-order valence-corrected chi connectivity index (χ2v) is 7.52. The van der Waals surface area contributed by atoms with E-state index < -0.39 is 0 Å². The van der Waals surface area contributed by atoms with Crippen LogP contribution in [-0.2, 0) is 0 Å². The Labute approximate surface area is 163 Å². The number of quaternary nitrogens is 1. The summed E-state index contributed by atoms with van der Waals surface area (Å²) < 4.78 is 0. The summed E-state index contributed by atoms with van der Waals surface area (Å²) in [5.74, 6) is 1.07. The molecule has 138 valence electrons. The maximum Gasteiger partial charge on any atom is 0.147 e. The van der Waals surface area contributed by atoms with Gasteiger partial charge in [0.25, 0.3) is 0 Å². The van der Waals surface area contributed by atoms with Gasteiger partial charge >= 0.3 is 0 Å². The number of hydrogen-bond donors (Lipinski definition) is 1. The van der Waals surface area contributed by atoms with Crippen LogP contribution in [0.1, 0.15) is 6.42 Å². The zero-order chi connectivity index (χ0) is 17.1. The minimum Gasteiger partial charge on any atom is -1.00 e. The molecule has 0 bridgehead atoms. The first-order valence-corrected chi connectivity index (χ1v) is 9.58. The third kappa shape index (κ3) is 3.95. The molecule has 8 heteroatoms. The van der Waals surface area contributed by atoms with E-state index in [1.807, 2.05) is 12.3 Å². The lowest BCUT2D eigenvalue weighted by Crippen LogP contribution is -3.14. The molecule has 0 aliphatic carbocycles. The average Bonchev–Trinajstić information content (AvgIpc) is 2.68. The van der Waals surface area contributed by atoms with Crippen LogP contribution < -0.4 is 22.2 Å². The Bertz CT molecular complexity index is 708. The molecule has 1 saturated heterocycles. The molecule has 0 unspecified atom stereocenters. The fourth-order valence-electron chi connectivity index (χ4n) is 3.52. The van der Waals surface area contributed by atoms with Gasteiger partial charge < -0.3 is 22.2 Å². The fraction of sp³-hybridized carbons (Fsp3) is 0.389. The molecule has 2 aromatic rings. The van der Waals surface area contributed by atoms with Gasteiger partial charge in [-0.15, -0.1) is 4.91 Å². The van der Waals surface area contributed by atoms with Gasteiger partial charge in [-0.3, -0.25) is 0 Å². The Morgan fingerprint density at radius 1 is 1.12 bits per heavy atom. The van der Waals surface area contributed by atoms with Gasteiger partial charge in [0, 0.05) is 24.1 Å². The topological polar surface area (TPSA) is 53.2 Å². The zero-order valence-corrected chi connectivity index (χ0v) is 16.0. The van der Waals surface area contributed by atoms with Gasteiger partial charge in [-0.05, 0) is 24.3 Å². The summed E-state index contributed by atoms with van der Waals surface area (Å²) in [7, 11) is 0. The summed E-state index contributed by atoms with van der Waals surface area (Å²) in [6.45, 7) is 5.60. The third-order valence-corrected chi connectivity index (χ3v) is 5.96. The van der Waals surface area contributed by atoms with E-state index in [2.05, 4.69) is 45.5 Å². The third-order valence-electron chi connectivity index (χ3n) is 4.86. The number of para-hydroxylation sites is 1. The number of pyridine rings is 1. The molecule has 26 heavy (non-hydrogen) atoms. The molecule has 4 rings (SSSR count). The van der Waals surface area contributed by atoms with Crippen molar-refractivity contribution in [3.05, 3.63) is 47.5 Å². The number of nitrogens with zero attached hydrogens (tertiary/aromatic N) is 4. The minimum absolute atomic E-state index is 0. The molecule has 2 aliphatic rings. The van der Waals surface area contributed by atoms with Crippen molar-refractivity contribution in [1.82, 2.24) is 9.99 Å². The standard InChI is InChI=1S/C18H21N5OS.ClH/c24-20-22-13-11-21(12-14-22)9-4-10-23-15-5-1-2-6-16(15)25-17-7-3-8-19-18(17)23;/h1-3,5-8H,4,9-14H2;1H. The Balaban J connectivity index is 0.00000196. The molecule has 3 heterocycles. The monoisotopic (exact) mass is 391 g/mol. The van der Waals surface area contributed by atoms with Crippen LogP contribution in [0.15, 0.2) is 57.7 Å². The maximum atomic E-state index is 10.6. The SMILES string of the molecule is O=NN1CC[NH+](CCCN2c3ccccc3Sc3cccnc32)CC1.[Cl-]. The molecule has 2 aliphatic heterocycles. The predicted octanol–water partition coefficient (Wildman–Crippen LogP) is -1.04. The maximum absolute atomic E-state index is 10.6. The van der Waals surface area contributed by atoms with Gasteiger partial charge in [-0.2, -0.15) is 0 Å². The molecule has 1 fully saturated rings. The van der Waals surface area contributed by atoms with Gasteiger partial charge in [0.15, 0.2) is 0 Å². The van der Waals surface area contributed by atoms with E-state index in [-0.39, 0.29) is 12.4 Å². The number of nitrogens with one attached hydrogen (secondary N) is 1. The lowest BCUT2D eigenvalue weighted by molar-refractivity contribution is -0.904. The summed E-state index contributed by atoms with van der Waals surface area (Å²) in [5, 5.41) is 4.66. The van der Waals surface area contributed by atoms with Gasteiger partial charge in [0.05, 0.1) is 48.6 Å². The van der Waals surface area contributed by atoms with Gasteiger partial charge in [-0.25, -0.2) is 9.99 Å². The van der Waals surface area contributed by atoms with Crippen LogP contribution in [-0.4, -0.2) is 49.3 Å². The van der Waals surface area contributed by atoms with Crippen molar-refractivity contribution in [2.75, 3.05) is 44.2 Å². The quantitative estimate of drug-likeness (QED) is 0.660. The van der Waals surface area contributed by atoms with Gasteiger partial charge in [-0.1, -0.05) is 23.9 Å². The molecule has 6 nitrogen and oxygen atoms in total. The highest BCUT2D eigenvalue weighted by atomic mass is 35.5. The fourth-order valence-corrected chi connectivity index (χ4v) is 4.59. The summed E-state index contributed by atoms with van der Waals surface area (Å²) in [5.41, 5.74) is 1.25. The number of halogens is 1. The number of aromatic nitrogens is 1.